The van der Waals surface area contributed by atoms with Crippen LogP contribution in [0.3, 0.4) is 0 Å². The fourth-order valence-corrected chi connectivity index (χ4v) is 2.06. The highest BCUT2D eigenvalue weighted by molar-refractivity contribution is 6.30. The molecule has 0 aliphatic rings. The summed E-state index contributed by atoms with van der Waals surface area (Å²) in [5.74, 6) is 0.755. The average Bonchev–Trinajstić information content (AvgIpc) is 2.95. The van der Waals surface area contributed by atoms with Crippen molar-refractivity contribution in [2.24, 2.45) is 0 Å². The number of benzene rings is 2. The van der Waals surface area contributed by atoms with Crippen LogP contribution in [-0.4, -0.2) is 9.78 Å². The summed E-state index contributed by atoms with van der Waals surface area (Å²) >= 11 is 5.91. The number of hydrogen-bond acceptors (Lipinski definition) is 2. The van der Waals surface area contributed by atoms with Crippen LogP contribution >= 0.6 is 11.6 Å². The SMILES string of the molecule is Clc1cccc(OCc2cnn(-c3ccccc3)c2)c1. The van der Waals surface area contributed by atoms with Crippen molar-refractivity contribution in [2.45, 2.75) is 6.61 Å². The van der Waals surface area contributed by atoms with Crippen molar-refractivity contribution >= 4 is 11.6 Å². The summed E-state index contributed by atoms with van der Waals surface area (Å²) in [6, 6.07) is 17.3. The van der Waals surface area contributed by atoms with Gasteiger partial charge in [-0.05, 0) is 30.3 Å². The summed E-state index contributed by atoms with van der Waals surface area (Å²) in [5.41, 5.74) is 2.04. The highest BCUT2D eigenvalue weighted by Gasteiger charge is 2.02. The van der Waals surface area contributed by atoms with E-state index in [2.05, 4.69) is 5.10 Å². The third-order valence-electron chi connectivity index (χ3n) is 2.86. The van der Waals surface area contributed by atoms with E-state index in [4.69, 9.17) is 16.3 Å². The minimum atomic E-state index is 0.465. The van der Waals surface area contributed by atoms with E-state index in [9.17, 15) is 0 Å². The summed E-state index contributed by atoms with van der Waals surface area (Å²) in [6.07, 6.45) is 3.76. The largest absolute Gasteiger partial charge is 0.489 e. The Bertz CT molecular complexity index is 694. The summed E-state index contributed by atoms with van der Waals surface area (Å²) in [5, 5.41) is 5.00. The van der Waals surface area contributed by atoms with Gasteiger partial charge in [-0.1, -0.05) is 35.9 Å². The minimum Gasteiger partial charge on any atom is -0.489 e. The maximum atomic E-state index is 5.91. The van der Waals surface area contributed by atoms with Crippen LogP contribution in [-0.2, 0) is 6.61 Å². The van der Waals surface area contributed by atoms with Gasteiger partial charge in [0.15, 0.2) is 0 Å². The number of para-hydroxylation sites is 1. The van der Waals surface area contributed by atoms with E-state index in [-0.39, 0.29) is 0 Å². The Balaban J connectivity index is 1.69. The predicted octanol–water partition coefficient (Wildman–Crippen LogP) is 4.10. The zero-order chi connectivity index (χ0) is 13.8. The molecule has 0 spiro atoms. The molecule has 1 heterocycles. The maximum Gasteiger partial charge on any atom is 0.121 e. The molecule has 20 heavy (non-hydrogen) atoms. The Morgan fingerprint density at radius 1 is 1.05 bits per heavy atom. The second-order valence-corrected chi connectivity index (χ2v) is 4.81. The van der Waals surface area contributed by atoms with Gasteiger partial charge in [-0.2, -0.15) is 5.10 Å². The molecule has 4 heteroatoms. The molecule has 0 fully saturated rings. The Morgan fingerprint density at radius 3 is 2.70 bits per heavy atom. The molecule has 1 aromatic heterocycles. The zero-order valence-corrected chi connectivity index (χ0v) is 11.5. The number of nitrogens with zero attached hydrogens (tertiary/aromatic N) is 2. The van der Waals surface area contributed by atoms with Gasteiger partial charge < -0.3 is 4.74 Å². The molecule has 0 saturated heterocycles. The van der Waals surface area contributed by atoms with Crippen LogP contribution in [0, 0.1) is 0 Å². The molecule has 0 aliphatic carbocycles. The Hall–Kier alpha value is -2.26. The molecule has 3 nitrogen and oxygen atoms in total. The smallest absolute Gasteiger partial charge is 0.121 e. The third kappa shape index (κ3) is 3.00. The number of hydrogen-bond donors (Lipinski definition) is 0. The predicted molar refractivity (Wildman–Crippen MR) is 79.3 cm³/mol. The van der Waals surface area contributed by atoms with Gasteiger partial charge in [0.2, 0.25) is 0 Å². The summed E-state index contributed by atoms with van der Waals surface area (Å²) < 4.78 is 7.51. The summed E-state index contributed by atoms with van der Waals surface area (Å²) in [4.78, 5) is 0. The lowest BCUT2D eigenvalue weighted by atomic mass is 10.3. The first-order valence-corrected chi connectivity index (χ1v) is 6.66. The molecule has 0 unspecified atom stereocenters. The van der Waals surface area contributed by atoms with Crippen molar-refractivity contribution in [3.63, 3.8) is 0 Å². The first-order chi connectivity index (χ1) is 9.81. The van der Waals surface area contributed by atoms with Gasteiger partial charge in [-0.15, -0.1) is 0 Å². The summed E-state index contributed by atoms with van der Waals surface area (Å²) in [7, 11) is 0. The van der Waals surface area contributed by atoms with E-state index < -0.39 is 0 Å². The van der Waals surface area contributed by atoms with Gasteiger partial charge in [0, 0.05) is 16.8 Å². The molecule has 3 aromatic rings. The van der Waals surface area contributed by atoms with E-state index >= 15 is 0 Å². The van der Waals surface area contributed by atoms with E-state index in [0.717, 1.165) is 17.0 Å². The van der Waals surface area contributed by atoms with Crippen molar-refractivity contribution in [2.75, 3.05) is 0 Å². The fourth-order valence-electron chi connectivity index (χ4n) is 1.88. The number of halogens is 1. The van der Waals surface area contributed by atoms with Crippen LogP contribution in [0.4, 0.5) is 0 Å². The first-order valence-electron chi connectivity index (χ1n) is 6.28. The molecule has 0 amide bonds. The third-order valence-corrected chi connectivity index (χ3v) is 3.09. The highest BCUT2D eigenvalue weighted by Crippen LogP contribution is 2.18. The lowest BCUT2D eigenvalue weighted by Crippen LogP contribution is -1.95. The Labute approximate surface area is 122 Å². The molecule has 0 radical (unpaired) electrons. The van der Waals surface area contributed by atoms with Crippen molar-refractivity contribution in [3.05, 3.63) is 77.6 Å². The average molecular weight is 285 g/mol. The van der Waals surface area contributed by atoms with Crippen molar-refractivity contribution in [1.29, 1.82) is 0 Å². The molecule has 3 rings (SSSR count). The standard InChI is InChI=1S/C16H13ClN2O/c17-14-5-4-8-16(9-14)20-12-13-10-18-19(11-13)15-6-2-1-3-7-15/h1-11H,12H2. The van der Waals surface area contributed by atoms with E-state index in [1.807, 2.05) is 59.4 Å². The minimum absolute atomic E-state index is 0.465. The van der Waals surface area contributed by atoms with Crippen LogP contribution in [0.25, 0.3) is 5.69 Å². The molecule has 0 saturated carbocycles. The highest BCUT2D eigenvalue weighted by atomic mass is 35.5. The number of aromatic nitrogens is 2. The van der Waals surface area contributed by atoms with Crippen LogP contribution < -0.4 is 4.74 Å². The second kappa shape index (κ2) is 5.80. The molecule has 0 atom stereocenters. The monoisotopic (exact) mass is 284 g/mol. The first kappa shape index (κ1) is 12.8. The van der Waals surface area contributed by atoms with Gasteiger partial charge in [-0.25, -0.2) is 4.68 Å². The zero-order valence-electron chi connectivity index (χ0n) is 10.7. The van der Waals surface area contributed by atoms with Crippen LogP contribution in [0.15, 0.2) is 67.0 Å². The van der Waals surface area contributed by atoms with Crippen LogP contribution in [0.1, 0.15) is 5.56 Å². The summed E-state index contributed by atoms with van der Waals surface area (Å²) in [6.45, 7) is 0.465. The lowest BCUT2D eigenvalue weighted by molar-refractivity contribution is 0.306. The fraction of sp³-hybridized carbons (Fsp3) is 0.0625. The molecule has 0 N–H and O–H groups in total. The quantitative estimate of drug-likeness (QED) is 0.721. The van der Waals surface area contributed by atoms with Crippen LogP contribution in [0.2, 0.25) is 5.02 Å². The number of ether oxygens (including phenoxy) is 1. The van der Waals surface area contributed by atoms with Gasteiger partial charge in [0.05, 0.1) is 11.9 Å². The van der Waals surface area contributed by atoms with E-state index in [1.165, 1.54) is 0 Å². The topological polar surface area (TPSA) is 27.1 Å². The van der Waals surface area contributed by atoms with Crippen molar-refractivity contribution in [1.82, 2.24) is 9.78 Å². The molecule has 100 valence electrons. The lowest BCUT2D eigenvalue weighted by Gasteiger charge is -2.04. The maximum absolute atomic E-state index is 5.91. The normalized spacial score (nSPS) is 10.4. The molecular formula is C16H13ClN2O. The van der Waals surface area contributed by atoms with Gasteiger partial charge in [0.25, 0.3) is 0 Å². The van der Waals surface area contributed by atoms with E-state index in [1.54, 1.807) is 12.3 Å². The van der Waals surface area contributed by atoms with Crippen molar-refractivity contribution in [3.8, 4) is 11.4 Å². The van der Waals surface area contributed by atoms with Crippen LogP contribution in [0.5, 0.6) is 5.75 Å². The Kier molecular flexibility index (Phi) is 3.70. The van der Waals surface area contributed by atoms with E-state index in [0.29, 0.717) is 11.6 Å². The molecule has 0 bridgehead atoms. The van der Waals surface area contributed by atoms with Gasteiger partial charge in [0.1, 0.15) is 12.4 Å². The molecule has 2 aromatic carbocycles. The van der Waals surface area contributed by atoms with Gasteiger partial charge >= 0.3 is 0 Å². The second-order valence-electron chi connectivity index (χ2n) is 4.37. The van der Waals surface area contributed by atoms with Gasteiger partial charge in [-0.3, -0.25) is 0 Å². The molecular weight excluding hydrogens is 272 g/mol. The Morgan fingerprint density at radius 2 is 1.90 bits per heavy atom. The molecule has 0 aliphatic heterocycles. The van der Waals surface area contributed by atoms with Crippen molar-refractivity contribution < 1.29 is 4.74 Å². The number of rotatable bonds is 4.